The van der Waals surface area contributed by atoms with Crippen LogP contribution in [0.5, 0.6) is 5.75 Å². The number of carbonyl (C=O) groups excluding carboxylic acids is 2. The summed E-state index contributed by atoms with van der Waals surface area (Å²) < 4.78 is 5.10. The number of ether oxygens (including phenoxy) is 1. The van der Waals surface area contributed by atoms with E-state index >= 15 is 0 Å². The first kappa shape index (κ1) is 24.5. The minimum Gasteiger partial charge on any atom is -0.497 e. The van der Waals surface area contributed by atoms with Crippen molar-refractivity contribution in [3.8, 4) is 5.75 Å². The third-order valence-corrected chi connectivity index (χ3v) is 5.38. The van der Waals surface area contributed by atoms with Gasteiger partial charge in [0.25, 0.3) is 17.5 Å². The molecule has 2 N–H and O–H groups in total. The molecule has 0 saturated heterocycles. The molecule has 3 aromatic rings. The third kappa shape index (κ3) is 5.99. The second kappa shape index (κ2) is 10.6. The Morgan fingerprint density at radius 1 is 1.03 bits per heavy atom. The first-order valence-corrected chi connectivity index (χ1v) is 10.6. The van der Waals surface area contributed by atoms with E-state index in [1.165, 1.54) is 43.5 Å². The summed E-state index contributed by atoms with van der Waals surface area (Å²) in [6.45, 7) is 3.87. The Kier molecular flexibility index (Phi) is 7.65. The summed E-state index contributed by atoms with van der Waals surface area (Å²) in [5.41, 5.74) is 2.81. The van der Waals surface area contributed by atoms with E-state index in [0.717, 1.165) is 11.1 Å². The molecule has 0 spiro atoms. The molecule has 2 amide bonds. The van der Waals surface area contributed by atoms with Gasteiger partial charge in [0, 0.05) is 17.8 Å². The van der Waals surface area contributed by atoms with Crippen LogP contribution in [-0.4, -0.2) is 23.8 Å². The van der Waals surface area contributed by atoms with Crippen LogP contribution in [0, 0.1) is 24.0 Å². The zero-order valence-electron chi connectivity index (χ0n) is 18.7. The normalized spacial score (nSPS) is 11.0. The number of rotatable bonds is 7. The Bertz CT molecular complexity index is 1300. The fourth-order valence-electron chi connectivity index (χ4n) is 3.07. The quantitative estimate of drug-likeness (QED) is 0.272. The molecule has 0 fully saturated rings. The highest BCUT2D eigenvalue weighted by Gasteiger charge is 2.18. The van der Waals surface area contributed by atoms with Crippen LogP contribution in [0.3, 0.4) is 0 Å². The highest BCUT2D eigenvalue weighted by molar-refractivity contribution is 6.34. The van der Waals surface area contributed by atoms with Crippen LogP contribution >= 0.6 is 11.6 Å². The molecule has 9 heteroatoms. The minimum absolute atomic E-state index is 0.115. The lowest BCUT2D eigenvalue weighted by atomic mass is 10.1. The van der Waals surface area contributed by atoms with Gasteiger partial charge in [-0.2, -0.15) is 0 Å². The predicted octanol–water partition coefficient (Wildman–Crippen LogP) is 5.28. The van der Waals surface area contributed by atoms with E-state index in [-0.39, 0.29) is 22.0 Å². The van der Waals surface area contributed by atoms with Crippen LogP contribution in [-0.2, 0) is 4.79 Å². The maximum atomic E-state index is 13.1. The molecule has 0 unspecified atom stereocenters. The van der Waals surface area contributed by atoms with Gasteiger partial charge in [-0.15, -0.1) is 0 Å². The molecular formula is C25H22ClN3O5. The maximum absolute atomic E-state index is 13.1. The smallest absolute Gasteiger partial charge is 0.272 e. The number of nitro groups is 1. The SMILES string of the molecule is COc1ccc(C(=O)N/C(=C/c2cccc([N+](=O)[O-])c2)C(=O)Nc2ccc(C)c(C)c2)c(Cl)c1. The lowest BCUT2D eigenvalue weighted by Gasteiger charge is -2.13. The van der Waals surface area contributed by atoms with Crippen LogP contribution in [0.25, 0.3) is 6.08 Å². The van der Waals surface area contributed by atoms with Gasteiger partial charge in [0.2, 0.25) is 0 Å². The monoisotopic (exact) mass is 479 g/mol. The molecule has 0 radical (unpaired) electrons. The zero-order chi connectivity index (χ0) is 24.8. The summed E-state index contributed by atoms with van der Waals surface area (Å²) in [5, 5.41) is 16.6. The lowest BCUT2D eigenvalue weighted by molar-refractivity contribution is -0.384. The van der Waals surface area contributed by atoms with E-state index in [0.29, 0.717) is 17.0 Å². The highest BCUT2D eigenvalue weighted by Crippen LogP contribution is 2.23. The Morgan fingerprint density at radius 3 is 2.44 bits per heavy atom. The highest BCUT2D eigenvalue weighted by atomic mass is 35.5. The second-order valence-electron chi connectivity index (χ2n) is 7.46. The summed E-state index contributed by atoms with van der Waals surface area (Å²) in [5.74, 6) is -0.756. The number of amides is 2. The Hall–Kier alpha value is -4.17. The van der Waals surface area contributed by atoms with Crippen molar-refractivity contribution in [2.75, 3.05) is 12.4 Å². The molecule has 3 rings (SSSR count). The van der Waals surface area contributed by atoms with E-state index in [9.17, 15) is 19.7 Å². The Balaban J connectivity index is 1.96. The zero-order valence-corrected chi connectivity index (χ0v) is 19.5. The minimum atomic E-state index is -0.625. The van der Waals surface area contributed by atoms with E-state index in [2.05, 4.69) is 10.6 Å². The molecule has 0 aliphatic heterocycles. The standard InChI is InChI=1S/C25H22ClN3O5/c1-15-7-8-18(11-16(15)2)27-25(31)23(13-17-5-4-6-19(12-17)29(32)33)28-24(30)21-10-9-20(34-3)14-22(21)26/h4-14H,1-3H3,(H,27,31)(H,28,30)/b23-13+. The summed E-state index contributed by atoms with van der Waals surface area (Å²) in [7, 11) is 1.47. The van der Waals surface area contributed by atoms with Crippen molar-refractivity contribution >= 4 is 40.9 Å². The first-order chi connectivity index (χ1) is 16.2. The van der Waals surface area contributed by atoms with Crippen molar-refractivity contribution < 1.29 is 19.2 Å². The third-order valence-electron chi connectivity index (χ3n) is 5.07. The van der Waals surface area contributed by atoms with Crippen molar-refractivity contribution in [2.24, 2.45) is 0 Å². The van der Waals surface area contributed by atoms with Crippen LogP contribution in [0.15, 0.2) is 66.4 Å². The van der Waals surface area contributed by atoms with Crippen molar-refractivity contribution in [3.63, 3.8) is 0 Å². The van der Waals surface area contributed by atoms with Gasteiger partial charge in [-0.3, -0.25) is 19.7 Å². The number of hydrogen-bond donors (Lipinski definition) is 2. The number of nitrogens with one attached hydrogen (secondary N) is 2. The number of anilines is 1. The maximum Gasteiger partial charge on any atom is 0.272 e. The lowest BCUT2D eigenvalue weighted by Crippen LogP contribution is -2.31. The molecule has 0 bridgehead atoms. The average molecular weight is 480 g/mol. The van der Waals surface area contributed by atoms with Gasteiger partial charge in [-0.1, -0.05) is 29.8 Å². The number of aryl methyl sites for hydroxylation is 2. The van der Waals surface area contributed by atoms with E-state index in [1.54, 1.807) is 24.3 Å². The van der Waals surface area contributed by atoms with Gasteiger partial charge in [0.15, 0.2) is 0 Å². The summed E-state index contributed by atoms with van der Waals surface area (Å²) >= 11 is 6.21. The number of hydrogen-bond acceptors (Lipinski definition) is 5. The number of benzene rings is 3. The predicted molar refractivity (Wildman–Crippen MR) is 131 cm³/mol. The molecule has 3 aromatic carbocycles. The van der Waals surface area contributed by atoms with E-state index in [4.69, 9.17) is 16.3 Å². The largest absolute Gasteiger partial charge is 0.497 e. The average Bonchev–Trinajstić information content (AvgIpc) is 2.80. The van der Waals surface area contributed by atoms with Crippen LogP contribution < -0.4 is 15.4 Å². The van der Waals surface area contributed by atoms with Crippen LogP contribution in [0.4, 0.5) is 11.4 Å². The number of nitro benzene ring substituents is 1. The fourth-order valence-corrected chi connectivity index (χ4v) is 3.32. The molecule has 8 nitrogen and oxygen atoms in total. The van der Waals surface area contributed by atoms with Gasteiger partial charge in [-0.25, -0.2) is 0 Å². The molecule has 0 aliphatic carbocycles. The van der Waals surface area contributed by atoms with Gasteiger partial charge >= 0.3 is 0 Å². The number of methoxy groups -OCH3 is 1. The van der Waals surface area contributed by atoms with Gasteiger partial charge in [0.05, 0.1) is 22.6 Å². The first-order valence-electron chi connectivity index (χ1n) is 10.2. The number of carbonyl (C=O) groups is 2. The van der Waals surface area contributed by atoms with Crippen molar-refractivity contribution in [1.29, 1.82) is 0 Å². The molecule has 0 heterocycles. The molecule has 174 valence electrons. The second-order valence-corrected chi connectivity index (χ2v) is 7.87. The molecular weight excluding hydrogens is 458 g/mol. The summed E-state index contributed by atoms with van der Waals surface area (Å²) in [6, 6.07) is 15.7. The topological polar surface area (TPSA) is 111 Å². The van der Waals surface area contributed by atoms with Crippen LogP contribution in [0.1, 0.15) is 27.0 Å². The number of halogens is 1. The van der Waals surface area contributed by atoms with Crippen molar-refractivity contribution in [3.05, 3.63) is 104 Å². The van der Waals surface area contributed by atoms with Gasteiger partial charge in [0.1, 0.15) is 11.4 Å². The molecule has 0 atom stereocenters. The van der Waals surface area contributed by atoms with Gasteiger partial charge in [-0.05, 0) is 66.9 Å². The molecule has 0 saturated carbocycles. The molecule has 34 heavy (non-hydrogen) atoms. The van der Waals surface area contributed by atoms with Crippen molar-refractivity contribution in [2.45, 2.75) is 13.8 Å². The summed E-state index contributed by atoms with van der Waals surface area (Å²) in [4.78, 5) is 36.6. The summed E-state index contributed by atoms with van der Waals surface area (Å²) in [6.07, 6.45) is 1.36. The van der Waals surface area contributed by atoms with Gasteiger partial charge < -0.3 is 15.4 Å². The molecule has 0 aliphatic rings. The fraction of sp³-hybridized carbons (Fsp3) is 0.120. The molecule has 0 aromatic heterocycles. The number of nitrogens with zero attached hydrogens (tertiary/aromatic N) is 1. The number of non-ortho nitro benzene ring substituents is 1. The van der Waals surface area contributed by atoms with E-state index in [1.807, 2.05) is 19.9 Å². The Morgan fingerprint density at radius 2 is 1.79 bits per heavy atom. The van der Waals surface area contributed by atoms with Crippen molar-refractivity contribution in [1.82, 2.24) is 5.32 Å². The van der Waals surface area contributed by atoms with E-state index < -0.39 is 16.7 Å². The van der Waals surface area contributed by atoms with Crippen LogP contribution in [0.2, 0.25) is 5.02 Å². The Labute approximate surface area is 201 Å².